The second kappa shape index (κ2) is 5.44. The molecule has 1 amide bonds. The van der Waals surface area contributed by atoms with Crippen LogP contribution in [0.2, 0.25) is 0 Å². The van der Waals surface area contributed by atoms with Crippen molar-refractivity contribution in [3.8, 4) is 0 Å². The molecule has 1 N–H and O–H groups in total. The van der Waals surface area contributed by atoms with Gasteiger partial charge in [0.1, 0.15) is 5.82 Å². The van der Waals surface area contributed by atoms with Gasteiger partial charge in [-0.15, -0.1) is 0 Å². The van der Waals surface area contributed by atoms with Crippen molar-refractivity contribution in [3.63, 3.8) is 0 Å². The van der Waals surface area contributed by atoms with Crippen molar-refractivity contribution in [2.45, 2.75) is 19.3 Å². The molecule has 0 saturated carbocycles. The summed E-state index contributed by atoms with van der Waals surface area (Å²) in [6.07, 6.45) is 7.68. The molecule has 0 aromatic carbocycles. The largest absolute Gasteiger partial charge is 0.369 e. The molecule has 2 heterocycles. The molecular weight excluding hydrogens is 204 g/mol. The summed E-state index contributed by atoms with van der Waals surface area (Å²) >= 11 is 0. The Bertz CT molecular complexity index is 341. The third kappa shape index (κ3) is 2.92. The lowest BCUT2D eigenvalue weighted by Crippen LogP contribution is -2.27. The van der Waals surface area contributed by atoms with Crippen LogP contribution < -0.4 is 5.32 Å². The van der Waals surface area contributed by atoms with Gasteiger partial charge in [0.15, 0.2) is 0 Å². The third-order valence-electron chi connectivity index (χ3n) is 2.65. The lowest BCUT2D eigenvalue weighted by Gasteiger charge is -2.15. The molecule has 86 valence electrons. The van der Waals surface area contributed by atoms with E-state index in [2.05, 4.69) is 15.3 Å². The third-order valence-corrected chi connectivity index (χ3v) is 2.65. The molecule has 0 unspecified atom stereocenters. The summed E-state index contributed by atoms with van der Waals surface area (Å²) in [5.41, 5.74) is 0. The zero-order chi connectivity index (χ0) is 11.2. The van der Waals surface area contributed by atoms with E-state index in [-0.39, 0.29) is 0 Å². The number of carbonyl (C=O) groups excluding carboxylic acids is 1. The van der Waals surface area contributed by atoms with Crippen LogP contribution in [0.25, 0.3) is 0 Å². The highest BCUT2D eigenvalue weighted by atomic mass is 16.2. The van der Waals surface area contributed by atoms with Gasteiger partial charge in [0.05, 0.1) is 6.20 Å². The van der Waals surface area contributed by atoms with E-state index in [0.29, 0.717) is 5.91 Å². The fourth-order valence-corrected chi connectivity index (χ4v) is 1.82. The van der Waals surface area contributed by atoms with E-state index in [4.69, 9.17) is 0 Å². The summed E-state index contributed by atoms with van der Waals surface area (Å²) in [7, 11) is 0. The van der Waals surface area contributed by atoms with E-state index in [0.717, 1.165) is 44.7 Å². The quantitative estimate of drug-likeness (QED) is 0.749. The van der Waals surface area contributed by atoms with Gasteiger partial charge in [-0.1, -0.05) is 0 Å². The fraction of sp³-hybridized carbons (Fsp3) is 0.545. The summed E-state index contributed by atoms with van der Waals surface area (Å²) in [6, 6.07) is 0. The predicted molar refractivity (Wildman–Crippen MR) is 61.0 cm³/mol. The molecule has 1 aliphatic rings. The molecule has 0 spiro atoms. The number of carbonyl (C=O) groups is 1. The van der Waals surface area contributed by atoms with Crippen molar-refractivity contribution in [2.75, 3.05) is 25.0 Å². The first kappa shape index (κ1) is 10.9. The number of anilines is 1. The average Bonchev–Trinajstić information content (AvgIpc) is 2.72. The van der Waals surface area contributed by atoms with Gasteiger partial charge in [-0.2, -0.15) is 0 Å². The Morgan fingerprint density at radius 1 is 1.44 bits per heavy atom. The molecule has 0 radical (unpaired) electrons. The summed E-state index contributed by atoms with van der Waals surface area (Å²) < 4.78 is 0. The zero-order valence-electron chi connectivity index (χ0n) is 9.22. The second-order valence-electron chi connectivity index (χ2n) is 3.86. The van der Waals surface area contributed by atoms with Crippen LogP contribution in [-0.4, -0.2) is 40.4 Å². The molecule has 2 rings (SSSR count). The number of amides is 1. The Balaban J connectivity index is 1.64. The van der Waals surface area contributed by atoms with E-state index in [9.17, 15) is 4.79 Å². The lowest BCUT2D eigenvalue weighted by molar-refractivity contribution is -0.127. The van der Waals surface area contributed by atoms with Gasteiger partial charge in [-0.05, 0) is 12.8 Å². The molecule has 1 aromatic rings. The molecule has 16 heavy (non-hydrogen) atoms. The van der Waals surface area contributed by atoms with E-state index in [1.54, 1.807) is 18.6 Å². The van der Waals surface area contributed by atoms with E-state index in [1.807, 2.05) is 4.90 Å². The highest BCUT2D eigenvalue weighted by Gasteiger charge is 2.18. The topological polar surface area (TPSA) is 58.1 Å². The molecule has 0 bridgehead atoms. The zero-order valence-corrected chi connectivity index (χ0v) is 9.22. The lowest BCUT2D eigenvalue weighted by atomic mass is 10.4. The molecule has 1 fully saturated rings. The van der Waals surface area contributed by atoms with Crippen LogP contribution in [0.4, 0.5) is 5.82 Å². The van der Waals surface area contributed by atoms with Crippen molar-refractivity contribution in [3.05, 3.63) is 18.6 Å². The van der Waals surface area contributed by atoms with Crippen LogP contribution in [-0.2, 0) is 4.79 Å². The van der Waals surface area contributed by atoms with Gasteiger partial charge in [0.25, 0.3) is 0 Å². The number of hydrogen-bond donors (Lipinski definition) is 1. The molecule has 5 nitrogen and oxygen atoms in total. The number of aromatic nitrogens is 2. The minimum Gasteiger partial charge on any atom is -0.369 e. The van der Waals surface area contributed by atoms with Crippen LogP contribution in [0.3, 0.4) is 0 Å². The number of nitrogens with one attached hydrogen (secondary N) is 1. The maximum Gasteiger partial charge on any atom is 0.222 e. The van der Waals surface area contributed by atoms with E-state index in [1.165, 1.54) is 0 Å². The Kier molecular flexibility index (Phi) is 3.69. The monoisotopic (exact) mass is 220 g/mol. The van der Waals surface area contributed by atoms with Gasteiger partial charge in [0.2, 0.25) is 5.91 Å². The van der Waals surface area contributed by atoms with Gasteiger partial charge in [-0.3, -0.25) is 9.78 Å². The SMILES string of the molecule is O=C1CCCN1CCCNc1cnccn1. The normalized spacial score (nSPS) is 15.5. The predicted octanol–water partition coefficient (Wildman–Crippen LogP) is 0.901. The Hall–Kier alpha value is -1.65. The number of likely N-dealkylation sites (tertiary alicyclic amines) is 1. The molecule has 5 heteroatoms. The molecule has 1 saturated heterocycles. The van der Waals surface area contributed by atoms with Gasteiger partial charge >= 0.3 is 0 Å². The van der Waals surface area contributed by atoms with Gasteiger partial charge in [0, 0.05) is 38.4 Å². The Morgan fingerprint density at radius 2 is 2.38 bits per heavy atom. The van der Waals surface area contributed by atoms with Crippen LogP contribution in [0.1, 0.15) is 19.3 Å². The highest BCUT2D eigenvalue weighted by molar-refractivity contribution is 5.77. The molecule has 1 aromatic heterocycles. The molecule has 0 aliphatic carbocycles. The van der Waals surface area contributed by atoms with Gasteiger partial charge < -0.3 is 10.2 Å². The highest BCUT2D eigenvalue weighted by Crippen LogP contribution is 2.09. The maximum absolute atomic E-state index is 11.3. The first-order valence-corrected chi connectivity index (χ1v) is 5.64. The first-order chi connectivity index (χ1) is 7.86. The Labute approximate surface area is 94.9 Å². The van der Waals surface area contributed by atoms with Crippen LogP contribution in [0.15, 0.2) is 18.6 Å². The standard InChI is InChI=1S/C11H16N4O/c16-11-3-1-7-15(11)8-2-4-13-10-9-12-5-6-14-10/h5-6,9H,1-4,7-8H2,(H,13,14). The van der Waals surface area contributed by atoms with Crippen molar-refractivity contribution in [1.82, 2.24) is 14.9 Å². The number of rotatable bonds is 5. The van der Waals surface area contributed by atoms with Crippen molar-refractivity contribution < 1.29 is 4.79 Å². The summed E-state index contributed by atoms with van der Waals surface area (Å²) in [5, 5.41) is 3.17. The van der Waals surface area contributed by atoms with Crippen LogP contribution in [0, 0.1) is 0 Å². The number of nitrogens with zero attached hydrogens (tertiary/aromatic N) is 3. The van der Waals surface area contributed by atoms with Crippen molar-refractivity contribution >= 4 is 11.7 Å². The summed E-state index contributed by atoms with van der Waals surface area (Å²) in [6.45, 7) is 2.58. The fourth-order valence-electron chi connectivity index (χ4n) is 1.82. The van der Waals surface area contributed by atoms with E-state index >= 15 is 0 Å². The Morgan fingerprint density at radius 3 is 3.06 bits per heavy atom. The summed E-state index contributed by atoms with van der Waals surface area (Å²) in [4.78, 5) is 21.3. The summed E-state index contributed by atoms with van der Waals surface area (Å²) in [5.74, 6) is 1.08. The van der Waals surface area contributed by atoms with Crippen LogP contribution >= 0.6 is 0 Å². The van der Waals surface area contributed by atoms with Crippen molar-refractivity contribution in [2.24, 2.45) is 0 Å². The molecular formula is C11H16N4O. The van der Waals surface area contributed by atoms with Gasteiger partial charge in [-0.25, -0.2) is 4.98 Å². The second-order valence-corrected chi connectivity index (χ2v) is 3.86. The maximum atomic E-state index is 11.3. The van der Waals surface area contributed by atoms with Crippen LogP contribution in [0.5, 0.6) is 0 Å². The minimum atomic E-state index is 0.291. The molecule has 0 atom stereocenters. The first-order valence-electron chi connectivity index (χ1n) is 5.64. The smallest absolute Gasteiger partial charge is 0.222 e. The minimum absolute atomic E-state index is 0.291. The van der Waals surface area contributed by atoms with Crippen molar-refractivity contribution in [1.29, 1.82) is 0 Å². The average molecular weight is 220 g/mol. The van der Waals surface area contributed by atoms with E-state index < -0.39 is 0 Å². The molecule has 1 aliphatic heterocycles. The number of hydrogen-bond acceptors (Lipinski definition) is 4.